The van der Waals surface area contributed by atoms with Crippen molar-refractivity contribution < 1.29 is 13.2 Å². The zero-order valence-electron chi connectivity index (χ0n) is 13.5. The van der Waals surface area contributed by atoms with Crippen LogP contribution in [0.4, 0.5) is 5.95 Å². The van der Waals surface area contributed by atoms with Crippen LogP contribution >= 0.6 is 15.9 Å². The molecule has 0 bridgehead atoms. The molecule has 1 aliphatic heterocycles. The Hall–Kier alpha value is -1.45. The van der Waals surface area contributed by atoms with Crippen LogP contribution in [0, 0.1) is 0 Å². The van der Waals surface area contributed by atoms with Gasteiger partial charge in [-0.25, -0.2) is 22.7 Å². The lowest BCUT2D eigenvalue weighted by Crippen LogP contribution is -2.42. The molecule has 0 atom stereocenters. The van der Waals surface area contributed by atoms with Gasteiger partial charge in [-0.05, 0) is 34.8 Å². The van der Waals surface area contributed by atoms with Gasteiger partial charge in [0.05, 0.1) is 23.4 Å². The molecule has 2 aromatic rings. The van der Waals surface area contributed by atoms with Gasteiger partial charge in [0.2, 0.25) is 16.0 Å². The lowest BCUT2D eigenvalue weighted by molar-refractivity contribution is 0.331. The molecule has 1 N–H and O–H groups in total. The van der Waals surface area contributed by atoms with E-state index in [2.05, 4.69) is 31.2 Å². The van der Waals surface area contributed by atoms with Gasteiger partial charge in [-0.15, -0.1) is 0 Å². The predicted octanol–water partition coefficient (Wildman–Crippen LogP) is 2.24. The van der Waals surface area contributed by atoms with Gasteiger partial charge in [0.1, 0.15) is 5.75 Å². The second-order valence-electron chi connectivity index (χ2n) is 5.82. The lowest BCUT2D eigenvalue weighted by Gasteiger charge is -2.30. The average Bonchev–Trinajstić information content (AvgIpc) is 2.54. The van der Waals surface area contributed by atoms with Gasteiger partial charge in [0.15, 0.2) is 0 Å². The molecule has 0 spiro atoms. The minimum absolute atomic E-state index is 0.165. The molecule has 0 saturated carbocycles. The number of hydrogen-bond acceptors (Lipinski definition) is 6. The summed E-state index contributed by atoms with van der Waals surface area (Å²) < 4.78 is 30.8. The van der Waals surface area contributed by atoms with Crippen molar-refractivity contribution in [2.75, 3.05) is 31.8 Å². The van der Waals surface area contributed by atoms with Gasteiger partial charge in [-0.3, -0.25) is 0 Å². The van der Waals surface area contributed by atoms with Crippen LogP contribution in [0.1, 0.15) is 12.8 Å². The number of nitrogens with zero attached hydrogens (tertiary/aromatic N) is 3. The van der Waals surface area contributed by atoms with Gasteiger partial charge in [0, 0.05) is 36.8 Å². The Labute approximate surface area is 149 Å². The van der Waals surface area contributed by atoms with Crippen molar-refractivity contribution in [3.05, 3.63) is 22.8 Å². The first kappa shape index (κ1) is 17.4. The molecule has 0 aliphatic carbocycles. The standard InChI is InChI=1S/C15H19BrN4O3S/c1-23-14-8-13-10(7-12(14)16)9-17-15(19-13)18-11-3-5-20(6-4-11)24(2,21)22/h7-9,11H,3-6H2,1-2H3,(H,17,18,19). The Morgan fingerprint density at radius 3 is 2.67 bits per heavy atom. The number of nitrogens with one attached hydrogen (secondary N) is 1. The largest absolute Gasteiger partial charge is 0.495 e. The molecule has 0 amide bonds. The Kier molecular flexibility index (Phi) is 4.93. The van der Waals surface area contributed by atoms with E-state index in [-0.39, 0.29) is 6.04 Å². The second-order valence-corrected chi connectivity index (χ2v) is 8.66. The first-order chi connectivity index (χ1) is 11.4. The average molecular weight is 415 g/mol. The van der Waals surface area contributed by atoms with Crippen molar-refractivity contribution in [3.8, 4) is 5.75 Å². The third kappa shape index (κ3) is 3.79. The van der Waals surface area contributed by atoms with Gasteiger partial charge < -0.3 is 10.1 Å². The van der Waals surface area contributed by atoms with Crippen LogP contribution in [-0.4, -0.2) is 55.2 Å². The first-order valence-electron chi connectivity index (χ1n) is 7.59. The quantitative estimate of drug-likeness (QED) is 0.825. The molecular formula is C15H19BrN4O3S. The van der Waals surface area contributed by atoms with Crippen molar-refractivity contribution in [2.24, 2.45) is 0 Å². The van der Waals surface area contributed by atoms with Crippen molar-refractivity contribution in [3.63, 3.8) is 0 Å². The van der Waals surface area contributed by atoms with Crippen molar-refractivity contribution >= 4 is 42.8 Å². The highest BCUT2D eigenvalue weighted by molar-refractivity contribution is 9.10. The summed E-state index contributed by atoms with van der Waals surface area (Å²) in [5, 5.41) is 4.22. The molecule has 24 heavy (non-hydrogen) atoms. The van der Waals surface area contributed by atoms with Crippen LogP contribution < -0.4 is 10.1 Å². The van der Waals surface area contributed by atoms with E-state index in [9.17, 15) is 8.42 Å². The SMILES string of the molecule is COc1cc2nc(NC3CCN(S(C)(=O)=O)CC3)ncc2cc1Br. The fraction of sp³-hybridized carbons (Fsp3) is 0.467. The number of piperidine rings is 1. The normalized spacial score (nSPS) is 17.1. The van der Waals surface area contributed by atoms with E-state index < -0.39 is 10.0 Å². The number of benzene rings is 1. The Balaban J connectivity index is 1.73. The predicted molar refractivity (Wildman–Crippen MR) is 96.9 cm³/mol. The topological polar surface area (TPSA) is 84.4 Å². The number of anilines is 1. The number of halogens is 1. The third-order valence-electron chi connectivity index (χ3n) is 4.11. The zero-order valence-corrected chi connectivity index (χ0v) is 15.9. The monoisotopic (exact) mass is 414 g/mol. The molecule has 3 rings (SSSR count). The lowest BCUT2D eigenvalue weighted by atomic mass is 10.1. The fourth-order valence-electron chi connectivity index (χ4n) is 2.77. The smallest absolute Gasteiger partial charge is 0.223 e. The number of hydrogen-bond donors (Lipinski definition) is 1. The maximum absolute atomic E-state index is 11.6. The molecule has 1 aromatic heterocycles. The molecule has 7 nitrogen and oxygen atoms in total. The second kappa shape index (κ2) is 6.81. The molecule has 1 aliphatic rings. The summed E-state index contributed by atoms with van der Waals surface area (Å²) in [5.41, 5.74) is 0.793. The van der Waals surface area contributed by atoms with Crippen molar-refractivity contribution in [2.45, 2.75) is 18.9 Å². The third-order valence-corrected chi connectivity index (χ3v) is 6.03. The van der Waals surface area contributed by atoms with E-state index in [0.717, 1.165) is 28.2 Å². The van der Waals surface area contributed by atoms with Gasteiger partial charge in [-0.1, -0.05) is 0 Å². The van der Waals surface area contributed by atoms with Gasteiger partial charge in [-0.2, -0.15) is 0 Å². The number of fused-ring (bicyclic) bond motifs is 1. The minimum Gasteiger partial charge on any atom is -0.495 e. The van der Waals surface area contributed by atoms with E-state index >= 15 is 0 Å². The van der Waals surface area contributed by atoms with Gasteiger partial charge in [0.25, 0.3) is 0 Å². The van der Waals surface area contributed by atoms with Gasteiger partial charge >= 0.3 is 0 Å². The highest BCUT2D eigenvalue weighted by Gasteiger charge is 2.25. The van der Waals surface area contributed by atoms with Crippen LogP contribution in [0.15, 0.2) is 22.8 Å². The number of aromatic nitrogens is 2. The van der Waals surface area contributed by atoms with Crippen LogP contribution in [0.2, 0.25) is 0 Å². The summed E-state index contributed by atoms with van der Waals surface area (Å²) in [4.78, 5) is 8.88. The fourth-order valence-corrected chi connectivity index (χ4v) is 4.17. The van der Waals surface area contributed by atoms with E-state index in [1.807, 2.05) is 12.1 Å². The minimum atomic E-state index is -3.11. The van der Waals surface area contributed by atoms with Crippen molar-refractivity contribution in [1.82, 2.24) is 14.3 Å². The molecule has 2 heterocycles. The maximum atomic E-state index is 11.6. The molecule has 1 aromatic carbocycles. The molecule has 130 valence electrons. The summed E-state index contributed by atoms with van der Waals surface area (Å²) in [5.74, 6) is 1.26. The summed E-state index contributed by atoms with van der Waals surface area (Å²) >= 11 is 3.45. The Bertz CT molecular complexity index is 851. The maximum Gasteiger partial charge on any atom is 0.223 e. The number of methoxy groups -OCH3 is 1. The molecule has 1 saturated heterocycles. The summed E-state index contributed by atoms with van der Waals surface area (Å²) in [6.45, 7) is 1.04. The zero-order chi connectivity index (χ0) is 17.3. The Morgan fingerprint density at radius 2 is 2.04 bits per heavy atom. The summed E-state index contributed by atoms with van der Waals surface area (Å²) in [6, 6.07) is 3.94. The van der Waals surface area contributed by atoms with Crippen molar-refractivity contribution in [1.29, 1.82) is 0 Å². The molecular weight excluding hydrogens is 396 g/mol. The van der Waals surface area contributed by atoms with Crippen LogP contribution in [0.5, 0.6) is 5.75 Å². The van der Waals surface area contributed by atoms with E-state index in [4.69, 9.17) is 4.74 Å². The van der Waals surface area contributed by atoms with E-state index in [0.29, 0.717) is 24.8 Å². The summed E-state index contributed by atoms with van der Waals surface area (Å²) in [7, 11) is -1.49. The highest BCUT2D eigenvalue weighted by atomic mass is 79.9. The number of rotatable bonds is 4. The summed E-state index contributed by atoms with van der Waals surface area (Å²) in [6.07, 6.45) is 4.48. The van der Waals surface area contributed by atoms with Crippen LogP contribution in [0.25, 0.3) is 10.9 Å². The van der Waals surface area contributed by atoms with Crippen LogP contribution in [-0.2, 0) is 10.0 Å². The Morgan fingerprint density at radius 1 is 1.33 bits per heavy atom. The molecule has 1 fully saturated rings. The highest BCUT2D eigenvalue weighted by Crippen LogP contribution is 2.29. The molecule has 9 heteroatoms. The molecule has 0 radical (unpaired) electrons. The number of ether oxygens (including phenoxy) is 1. The molecule has 0 unspecified atom stereocenters. The number of sulfonamides is 1. The van der Waals surface area contributed by atoms with E-state index in [1.54, 1.807) is 13.3 Å². The van der Waals surface area contributed by atoms with Crippen LogP contribution in [0.3, 0.4) is 0 Å². The van der Waals surface area contributed by atoms with E-state index in [1.165, 1.54) is 10.6 Å². The first-order valence-corrected chi connectivity index (χ1v) is 10.2.